The minimum atomic E-state index is -2.96. The maximum Gasteiger partial charge on any atom is 0.164 e. The zero-order valence-corrected chi connectivity index (χ0v) is 11.0. The molecule has 0 aliphatic carbocycles. The molecule has 0 radical (unpaired) electrons. The Balaban J connectivity index is 2.66. The van der Waals surface area contributed by atoms with Crippen LogP contribution in [0.4, 0.5) is 0 Å². The summed E-state index contributed by atoms with van der Waals surface area (Å²) >= 11 is 1.72. The van der Waals surface area contributed by atoms with Gasteiger partial charge in [-0.25, -0.2) is 8.42 Å². The highest BCUT2D eigenvalue weighted by molar-refractivity contribution is 8.00. The molecule has 15 heavy (non-hydrogen) atoms. The average Bonchev–Trinajstić information content (AvgIpc) is 2.17. The zero-order chi connectivity index (χ0) is 11.5. The molecule has 0 saturated carbocycles. The summed E-state index contributed by atoms with van der Waals surface area (Å²) in [4.78, 5) is 2.06. The molecule has 1 rings (SSSR count). The topological polar surface area (TPSA) is 63.4 Å². The van der Waals surface area contributed by atoms with Crippen molar-refractivity contribution in [3.05, 3.63) is 0 Å². The molecule has 90 valence electrons. The SMILES string of the molecule is CC(CN)CN1CCSCC1S(C)(=O)=O. The highest BCUT2D eigenvalue weighted by Crippen LogP contribution is 2.21. The zero-order valence-electron chi connectivity index (χ0n) is 9.35. The molecule has 4 nitrogen and oxygen atoms in total. The summed E-state index contributed by atoms with van der Waals surface area (Å²) in [5.41, 5.74) is 5.56. The molecule has 0 aromatic rings. The first-order chi connectivity index (χ1) is 6.95. The second-order valence-electron chi connectivity index (χ2n) is 4.19. The molecular weight excluding hydrogens is 232 g/mol. The predicted molar refractivity (Wildman–Crippen MR) is 65.7 cm³/mol. The number of rotatable bonds is 4. The third-order valence-corrected chi connectivity index (χ3v) is 5.32. The van der Waals surface area contributed by atoms with Gasteiger partial charge in [-0.3, -0.25) is 4.90 Å². The quantitative estimate of drug-likeness (QED) is 0.763. The Kier molecular flexibility index (Phi) is 4.89. The maximum absolute atomic E-state index is 11.6. The van der Waals surface area contributed by atoms with Crippen molar-refractivity contribution >= 4 is 21.6 Å². The lowest BCUT2D eigenvalue weighted by molar-refractivity contribution is 0.236. The van der Waals surface area contributed by atoms with Gasteiger partial charge in [-0.05, 0) is 12.5 Å². The van der Waals surface area contributed by atoms with Crippen LogP contribution in [0, 0.1) is 5.92 Å². The van der Waals surface area contributed by atoms with E-state index in [2.05, 4.69) is 11.8 Å². The van der Waals surface area contributed by atoms with E-state index in [0.717, 1.165) is 18.8 Å². The molecule has 6 heteroatoms. The van der Waals surface area contributed by atoms with E-state index in [0.29, 0.717) is 18.2 Å². The first-order valence-electron chi connectivity index (χ1n) is 5.16. The summed E-state index contributed by atoms with van der Waals surface area (Å²) in [6, 6.07) is 0. The summed E-state index contributed by atoms with van der Waals surface area (Å²) in [6.07, 6.45) is 1.32. The van der Waals surface area contributed by atoms with Gasteiger partial charge in [-0.15, -0.1) is 0 Å². The largest absolute Gasteiger partial charge is 0.330 e. The molecule has 1 aliphatic rings. The van der Waals surface area contributed by atoms with Gasteiger partial charge < -0.3 is 5.73 Å². The normalized spacial score (nSPS) is 26.5. The van der Waals surface area contributed by atoms with Crippen LogP contribution >= 0.6 is 11.8 Å². The van der Waals surface area contributed by atoms with Crippen molar-refractivity contribution in [2.75, 3.05) is 37.4 Å². The number of sulfone groups is 1. The van der Waals surface area contributed by atoms with Crippen LogP contribution in [0.15, 0.2) is 0 Å². The molecule has 2 unspecified atom stereocenters. The lowest BCUT2D eigenvalue weighted by Gasteiger charge is -2.35. The van der Waals surface area contributed by atoms with Crippen LogP contribution in [0.2, 0.25) is 0 Å². The van der Waals surface area contributed by atoms with Crippen molar-refractivity contribution < 1.29 is 8.42 Å². The number of nitrogens with two attached hydrogens (primary N) is 1. The molecule has 0 bridgehead atoms. The Morgan fingerprint density at radius 2 is 2.27 bits per heavy atom. The lowest BCUT2D eigenvalue weighted by Crippen LogP contribution is -2.49. The van der Waals surface area contributed by atoms with Gasteiger partial charge >= 0.3 is 0 Å². The first kappa shape index (κ1) is 13.3. The molecule has 0 amide bonds. The molecule has 0 aromatic heterocycles. The average molecular weight is 252 g/mol. The van der Waals surface area contributed by atoms with Gasteiger partial charge in [-0.1, -0.05) is 6.92 Å². The van der Waals surface area contributed by atoms with Gasteiger partial charge in [0.15, 0.2) is 9.84 Å². The van der Waals surface area contributed by atoms with Crippen LogP contribution in [0.1, 0.15) is 6.92 Å². The van der Waals surface area contributed by atoms with Gasteiger partial charge in [0, 0.05) is 30.9 Å². The fourth-order valence-electron chi connectivity index (χ4n) is 1.69. The smallest absolute Gasteiger partial charge is 0.164 e. The van der Waals surface area contributed by atoms with Gasteiger partial charge in [0.1, 0.15) is 5.37 Å². The van der Waals surface area contributed by atoms with Crippen LogP contribution in [0.3, 0.4) is 0 Å². The third kappa shape index (κ3) is 3.94. The second kappa shape index (κ2) is 5.52. The monoisotopic (exact) mass is 252 g/mol. The molecule has 1 fully saturated rings. The molecule has 1 saturated heterocycles. The van der Waals surface area contributed by atoms with Gasteiger partial charge in [-0.2, -0.15) is 11.8 Å². The van der Waals surface area contributed by atoms with E-state index < -0.39 is 9.84 Å². The van der Waals surface area contributed by atoms with Crippen LogP contribution in [-0.4, -0.2) is 56.1 Å². The summed E-state index contributed by atoms with van der Waals surface area (Å²) in [5, 5.41) is -0.315. The van der Waals surface area contributed by atoms with Crippen molar-refractivity contribution in [3.63, 3.8) is 0 Å². The fourth-order valence-corrected chi connectivity index (χ4v) is 4.65. The molecule has 0 spiro atoms. The molecule has 0 aromatic carbocycles. The summed E-state index contributed by atoms with van der Waals surface area (Å²) < 4.78 is 23.2. The van der Waals surface area contributed by atoms with Crippen molar-refractivity contribution in [2.45, 2.75) is 12.3 Å². The van der Waals surface area contributed by atoms with E-state index in [9.17, 15) is 8.42 Å². The van der Waals surface area contributed by atoms with Crippen molar-refractivity contribution in [1.82, 2.24) is 4.90 Å². The summed E-state index contributed by atoms with van der Waals surface area (Å²) in [5.74, 6) is 2.07. The van der Waals surface area contributed by atoms with Gasteiger partial charge in [0.05, 0.1) is 0 Å². The van der Waals surface area contributed by atoms with Crippen LogP contribution < -0.4 is 5.73 Å². The van der Waals surface area contributed by atoms with E-state index in [1.165, 1.54) is 6.26 Å². The van der Waals surface area contributed by atoms with E-state index >= 15 is 0 Å². The number of hydrogen-bond donors (Lipinski definition) is 1. The van der Waals surface area contributed by atoms with Crippen molar-refractivity contribution in [1.29, 1.82) is 0 Å². The Labute approximate surface area is 96.5 Å². The molecule has 2 N–H and O–H groups in total. The van der Waals surface area contributed by atoms with E-state index in [1.807, 2.05) is 0 Å². The Hall–Kier alpha value is 0.220. The predicted octanol–water partition coefficient (Wildman–Crippen LogP) is 0.000700. The maximum atomic E-state index is 11.6. The molecular formula is C9H20N2O2S2. The van der Waals surface area contributed by atoms with Crippen molar-refractivity contribution in [2.24, 2.45) is 11.7 Å². The Morgan fingerprint density at radius 1 is 1.60 bits per heavy atom. The standard InChI is InChI=1S/C9H20N2O2S2/c1-8(5-10)6-11-3-4-14-7-9(11)15(2,12)13/h8-9H,3-7,10H2,1-2H3. The van der Waals surface area contributed by atoms with Crippen LogP contribution in [0.5, 0.6) is 0 Å². The Bertz CT molecular complexity index is 292. The minimum Gasteiger partial charge on any atom is -0.330 e. The molecule has 2 atom stereocenters. The van der Waals surface area contributed by atoms with Crippen LogP contribution in [0.25, 0.3) is 0 Å². The number of thioether (sulfide) groups is 1. The van der Waals surface area contributed by atoms with Crippen molar-refractivity contribution in [3.8, 4) is 0 Å². The molecule has 1 heterocycles. The van der Waals surface area contributed by atoms with E-state index in [4.69, 9.17) is 5.73 Å². The minimum absolute atomic E-state index is 0.315. The first-order valence-corrected chi connectivity index (χ1v) is 8.26. The van der Waals surface area contributed by atoms with Crippen LogP contribution in [-0.2, 0) is 9.84 Å². The highest BCUT2D eigenvalue weighted by Gasteiger charge is 2.31. The molecule has 1 aliphatic heterocycles. The summed E-state index contributed by atoms with van der Waals surface area (Å²) in [7, 11) is -2.96. The second-order valence-corrected chi connectivity index (χ2v) is 7.55. The van der Waals surface area contributed by atoms with E-state index in [-0.39, 0.29) is 5.37 Å². The number of nitrogens with zero attached hydrogens (tertiary/aromatic N) is 1. The summed E-state index contributed by atoms with van der Waals surface area (Å²) in [6.45, 7) is 4.31. The fraction of sp³-hybridized carbons (Fsp3) is 1.00. The lowest BCUT2D eigenvalue weighted by atomic mass is 10.1. The van der Waals surface area contributed by atoms with E-state index in [1.54, 1.807) is 11.8 Å². The third-order valence-electron chi connectivity index (χ3n) is 2.63. The van der Waals surface area contributed by atoms with Gasteiger partial charge in [0.2, 0.25) is 0 Å². The number of hydrogen-bond acceptors (Lipinski definition) is 5. The highest BCUT2D eigenvalue weighted by atomic mass is 32.2. The Morgan fingerprint density at radius 3 is 2.80 bits per heavy atom. The van der Waals surface area contributed by atoms with Gasteiger partial charge in [0.25, 0.3) is 0 Å².